The summed E-state index contributed by atoms with van der Waals surface area (Å²) in [4.78, 5) is 10.8. The monoisotopic (exact) mass is 182 g/mol. The average molecular weight is 182 g/mol. The van der Waals surface area contributed by atoms with Crippen molar-refractivity contribution in [3.8, 4) is 11.5 Å². The predicted molar refractivity (Wildman–Crippen MR) is 46.4 cm³/mol. The van der Waals surface area contributed by atoms with Gasteiger partial charge in [-0.25, -0.2) is 4.79 Å². The molecule has 0 unspecified atom stereocenters. The minimum absolute atomic E-state index is 0.00231. The molecule has 0 saturated heterocycles. The van der Waals surface area contributed by atoms with Crippen molar-refractivity contribution >= 4 is 5.97 Å². The number of ether oxygens (including phenoxy) is 1. The van der Waals surface area contributed by atoms with Gasteiger partial charge in [0.05, 0.1) is 7.11 Å². The minimum atomic E-state index is -1.11. The molecule has 0 fully saturated rings. The number of hydrogen-bond donors (Lipinski definition) is 2. The van der Waals surface area contributed by atoms with Gasteiger partial charge in [-0.05, 0) is 19.1 Å². The molecule has 2 N–H and O–H groups in total. The van der Waals surface area contributed by atoms with Crippen LogP contribution in [0.5, 0.6) is 11.5 Å². The first-order valence-electron chi connectivity index (χ1n) is 3.67. The Balaban J connectivity index is 3.41. The molecule has 1 rings (SSSR count). The highest BCUT2D eigenvalue weighted by Gasteiger charge is 2.16. The molecule has 0 aliphatic rings. The van der Waals surface area contributed by atoms with Crippen molar-refractivity contribution in [3.05, 3.63) is 23.3 Å². The summed E-state index contributed by atoms with van der Waals surface area (Å²) in [6.07, 6.45) is 0. The average Bonchev–Trinajstić information content (AvgIpc) is 2.08. The first kappa shape index (κ1) is 9.38. The van der Waals surface area contributed by atoms with Crippen molar-refractivity contribution in [3.63, 3.8) is 0 Å². The highest BCUT2D eigenvalue weighted by Crippen LogP contribution is 2.28. The van der Waals surface area contributed by atoms with E-state index in [1.165, 1.54) is 26.2 Å². The summed E-state index contributed by atoms with van der Waals surface area (Å²) in [6, 6.07) is 2.83. The Kier molecular flexibility index (Phi) is 2.41. The van der Waals surface area contributed by atoms with Crippen LogP contribution >= 0.6 is 0 Å². The van der Waals surface area contributed by atoms with Crippen LogP contribution in [-0.2, 0) is 0 Å². The van der Waals surface area contributed by atoms with E-state index in [-0.39, 0.29) is 17.1 Å². The van der Waals surface area contributed by atoms with Crippen molar-refractivity contribution in [1.82, 2.24) is 0 Å². The molecule has 0 aliphatic carbocycles. The number of phenolic OH excluding ortho intramolecular Hbond substituents is 1. The minimum Gasteiger partial charge on any atom is -0.508 e. The van der Waals surface area contributed by atoms with Gasteiger partial charge in [-0.15, -0.1) is 0 Å². The van der Waals surface area contributed by atoms with E-state index in [1.54, 1.807) is 0 Å². The first-order valence-corrected chi connectivity index (χ1v) is 3.67. The molecule has 0 bridgehead atoms. The molecular weight excluding hydrogens is 172 g/mol. The van der Waals surface area contributed by atoms with Crippen LogP contribution in [0.3, 0.4) is 0 Å². The van der Waals surface area contributed by atoms with Gasteiger partial charge in [0.25, 0.3) is 0 Å². The number of benzene rings is 1. The standard InChI is InChI=1S/C9H10O4/c1-5-6(10)3-4-7(13-2)8(5)9(11)12/h3-4,10H,1-2H3,(H,11,12). The summed E-state index contributed by atoms with van der Waals surface area (Å²) >= 11 is 0. The third-order valence-electron chi connectivity index (χ3n) is 1.83. The van der Waals surface area contributed by atoms with Gasteiger partial charge in [0.1, 0.15) is 17.1 Å². The van der Waals surface area contributed by atoms with E-state index in [4.69, 9.17) is 9.84 Å². The summed E-state index contributed by atoms with van der Waals surface area (Å²) in [5.74, 6) is -0.897. The summed E-state index contributed by atoms with van der Waals surface area (Å²) in [6.45, 7) is 1.53. The zero-order valence-corrected chi connectivity index (χ0v) is 7.37. The fraction of sp³-hybridized carbons (Fsp3) is 0.222. The lowest BCUT2D eigenvalue weighted by Gasteiger charge is -2.08. The molecule has 0 saturated carbocycles. The lowest BCUT2D eigenvalue weighted by molar-refractivity contribution is 0.0692. The van der Waals surface area contributed by atoms with E-state index in [0.29, 0.717) is 5.56 Å². The van der Waals surface area contributed by atoms with Crippen LogP contribution in [0.15, 0.2) is 12.1 Å². The van der Waals surface area contributed by atoms with Gasteiger partial charge in [0, 0.05) is 5.56 Å². The maximum absolute atomic E-state index is 10.8. The van der Waals surface area contributed by atoms with Gasteiger partial charge < -0.3 is 14.9 Å². The summed E-state index contributed by atoms with van der Waals surface area (Å²) in [5.41, 5.74) is 0.314. The van der Waals surface area contributed by atoms with Crippen molar-refractivity contribution in [2.45, 2.75) is 6.92 Å². The molecule has 4 heteroatoms. The highest BCUT2D eigenvalue weighted by molar-refractivity contribution is 5.93. The molecule has 0 atom stereocenters. The molecule has 0 spiro atoms. The van der Waals surface area contributed by atoms with E-state index in [2.05, 4.69) is 0 Å². The summed E-state index contributed by atoms with van der Waals surface area (Å²) in [5, 5.41) is 18.1. The van der Waals surface area contributed by atoms with Gasteiger partial charge in [-0.1, -0.05) is 0 Å². The quantitative estimate of drug-likeness (QED) is 0.725. The molecule has 0 aromatic heterocycles. The van der Waals surface area contributed by atoms with E-state index in [0.717, 1.165) is 0 Å². The molecule has 70 valence electrons. The lowest BCUT2D eigenvalue weighted by atomic mass is 10.1. The largest absolute Gasteiger partial charge is 0.508 e. The molecule has 4 nitrogen and oxygen atoms in total. The Morgan fingerprint density at radius 1 is 1.46 bits per heavy atom. The normalized spacial score (nSPS) is 9.69. The number of aromatic hydroxyl groups is 1. The van der Waals surface area contributed by atoms with Crippen LogP contribution in [0.2, 0.25) is 0 Å². The van der Waals surface area contributed by atoms with Gasteiger partial charge in [-0.2, -0.15) is 0 Å². The molecule has 1 aromatic carbocycles. The zero-order valence-electron chi connectivity index (χ0n) is 7.37. The number of phenols is 1. The third kappa shape index (κ3) is 1.56. The van der Waals surface area contributed by atoms with E-state index >= 15 is 0 Å². The Morgan fingerprint density at radius 2 is 2.08 bits per heavy atom. The number of carboxylic acids is 1. The Labute approximate surface area is 75.4 Å². The van der Waals surface area contributed by atoms with Gasteiger partial charge in [0.15, 0.2) is 0 Å². The smallest absolute Gasteiger partial charge is 0.339 e. The number of carbonyl (C=O) groups is 1. The number of hydrogen-bond acceptors (Lipinski definition) is 3. The van der Waals surface area contributed by atoms with Crippen LogP contribution in [0.25, 0.3) is 0 Å². The SMILES string of the molecule is COc1ccc(O)c(C)c1C(=O)O. The zero-order chi connectivity index (χ0) is 10.0. The Hall–Kier alpha value is -1.71. The maximum atomic E-state index is 10.8. The molecule has 0 amide bonds. The molecule has 13 heavy (non-hydrogen) atoms. The molecule has 0 aliphatic heterocycles. The van der Waals surface area contributed by atoms with Gasteiger partial charge in [0.2, 0.25) is 0 Å². The van der Waals surface area contributed by atoms with E-state index in [9.17, 15) is 9.90 Å². The molecule has 0 heterocycles. The van der Waals surface area contributed by atoms with Crippen molar-refractivity contribution in [2.24, 2.45) is 0 Å². The highest BCUT2D eigenvalue weighted by atomic mass is 16.5. The Morgan fingerprint density at radius 3 is 2.54 bits per heavy atom. The molecule has 1 aromatic rings. The summed E-state index contributed by atoms with van der Waals surface area (Å²) in [7, 11) is 1.39. The van der Waals surface area contributed by atoms with Gasteiger partial charge >= 0.3 is 5.97 Å². The molecular formula is C9H10O4. The summed E-state index contributed by atoms with van der Waals surface area (Å²) < 4.78 is 4.85. The van der Waals surface area contributed by atoms with E-state index < -0.39 is 5.97 Å². The predicted octanol–water partition coefficient (Wildman–Crippen LogP) is 1.41. The fourth-order valence-electron chi connectivity index (χ4n) is 1.11. The van der Waals surface area contributed by atoms with E-state index in [1.807, 2.05) is 0 Å². The van der Waals surface area contributed by atoms with Crippen LogP contribution in [0.1, 0.15) is 15.9 Å². The number of aromatic carboxylic acids is 1. The third-order valence-corrected chi connectivity index (χ3v) is 1.83. The van der Waals surface area contributed by atoms with Crippen molar-refractivity contribution in [1.29, 1.82) is 0 Å². The van der Waals surface area contributed by atoms with Gasteiger partial charge in [-0.3, -0.25) is 0 Å². The first-order chi connectivity index (χ1) is 6.07. The topological polar surface area (TPSA) is 66.8 Å². The van der Waals surface area contributed by atoms with Crippen LogP contribution in [0.4, 0.5) is 0 Å². The second-order valence-electron chi connectivity index (χ2n) is 2.59. The van der Waals surface area contributed by atoms with Crippen LogP contribution in [0, 0.1) is 6.92 Å². The van der Waals surface area contributed by atoms with Crippen molar-refractivity contribution in [2.75, 3.05) is 7.11 Å². The Bertz CT molecular complexity index is 344. The lowest BCUT2D eigenvalue weighted by Crippen LogP contribution is -2.03. The maximum Gasteiger partial charge on any atom is 0.339 e. The fourth-order valence-corrected chi connectivity index (χ4v) is 1.11. The van der Waals surface area contributed by atoms with Crippen LogP contribution < -0.4 is 4.74 Å². The van der Waals surface area contributed by atoms with Crippen LogP contribution in [-0.4, -0.2) is 23.3 Å². The van der Waals surface area contributed by atoms with Crippen molar-refractivity contribution < 1.29 is 19.7 Å². The molecule has 0 radical (unpaired) electrons. The second-order valence-corrected chi connectivity index (χ2v) is 2.59. The number of rotatable bonds is 2. The number of carboxylic acid groups (broad SMARTS) is 1. The second kappa shape index (κ2) is 3.35. The number of methoxy groups -OCH3 is 1.